The van der Waals surface area contributed by atoms with Gasteiger partial charge in [-0.1, -0.05) is 43.6 Å². The van der Waals surface area contributed by atoms with Crippen LogP contribution in [-0.2, 0) is 0 Å². The van der Waals surface area contributed by atoms with Crippen molar-refractivity contribution in [2.45, 2.75) is 26.8 Å². The molecule has 0 heterocycles. The fourth-order valence-corrected chi connectivity index (χ4v) is 1.80. The molecule has 0 saturated carbocycles. The van der Waals surface area contributed by atoms with Crippen molar-refractivity contribution in [3.8, 4) is 0 Å². The molecule has 0 aliphatic carbocycles. The molecule has 14 heavy (non-hydrogen) atoms. The van der Waals surface area contributed by atoms with Crippen LogP contribution in [0.1, 0.15) is 31.0 Å². The lowest BCUT2D eigenvalue weighted by Crippen LogP contribution is -2.31. The molecule has 0 aromatic heterocycles. The van der Waals surface area contributed by atoms with Crippen LogP contribution >= 0.6 is 11.6 Å². The van der Waals surface area contributed by atoms with Gasteiger partial charge in [0.1, 0.15) is 0 Å². The van der Waals surface area contributed by atoms with E-state index < -0.39 is 0 Å². The van der Waals surface area contributed by atoms with E-state index in [9.17, 15) is 0 Å². The van der Waals surface area contributed by atoms with Gasteiger partial charge in [-0.25, -0.2) is 0 Å². The summed E-state index contributed by atoms with van der Waals surface area (Å²) in [5.41, 5.74) is 4.96. The van der Waals surface area contributed by atoms with Crippen molar-refractivity contribution in [1.29, 1.82) is 0 Å². The molecule has 78 valence electrons. The quantitative estimate of drug-likeness (QED) is 0.598. The highest BCUT2D eigenvalue weighted by molar-refractivity contribution is 6.32. The zero-order chi connectivity index (χ0) is 10.7. The zero-order valence-electron chi connectivity index (χ0n) is 8.84. The van der Waals surface area contributed by atoms with Crippen LogP contribution in [0, 0.1) is 12.8 Å². The second-order valence-electron chi connectivity index (χ2n) is 3.87. The van der Waals surface area contributed by atoms with Gasteiger partial charge in [0.2, 0.25) is 0 Å². The minimum atomic E-state index is 0.113. The van der Waals surface area contributed by atoms with Crippen LogP contribution in [-0.4, -0.2) is 0 Å². The van der Waals surface area contributed by atoms with Gasteiger partial charge in [-0.05, 0) is 24.0 Å². The first-order valence-electron chi connectivity index (χ1n) is 4.79. The Balaban J connectivity index is 3.10. The Morgan fingerprint density at radius 1 is 1.36 bits per heavy atom. The van der Waals surface area contributed by atoms with Crippen molar-refractivity contribution < 1.29 is 0 Å². The van der Waals surface area contributed by atoms with Crippen LogP contribution in [0.15, 0.2) is 18.2 Å². The number of halogens is 1. The Morgan fingerprint density at radius 3 is 2.50 bits per heavy atom. The first kappa shape index (κ1) is 11.5. The molecule has 1 unspecified atom stereocenters. The van der Waals surface area contributed by atoms with Crippen molar-refractivity contribution in [3.63, 3.8) is 0 Å². The fraction of sp³-hybridized carbons (Fsp3) is 0.455. The van der Waals surface area contributed by atoms with Crippen molar-refractivity contribution in [2.24, 2.45) is 11.8 Å². The zero-order valence-corrected chi connectivity index (χ0v) is 9.60. The second kappa shape index (κ2) is 4.78. The minimum absolute atomic E-state index is 0.113. The molecular weight excluding hydrogens is 196 g/mol. The lowest BCUT2D eigenvalue weighted by Gasteiger charge is -2.22. The summed E-state index contributed by atoms with van der Waals surface area (Å²) in [5, 5.41) is 0.809. The molecule has 2 nitrogen and oxygen atoms in total. The fourth-order valence-electron chi connectivity index (χ4n) is 1.55. The van der Waals surface area contributed by atoms with E-state index in [0.717, 1.165) is 16.1 Å². The maximum atomic E-state index is 6.22. The topological polar surface area (TPSA) is 38.0 Å². The molecule has 3 N–H and O–H groups in total. The highest BCUT2D eigenvalue weighted by Gasteiger charge is 2.17. The van der Waals surface area contributed by atoms with Gasteiger partial charge >= 0.3 is 0 Å². The monoisotopic (exact) mass is 212 g/mol. The predicted octanol–water partition coefficient (Wildman–Crippen LogP) is 2.81. The van der Waals surface area contributed by atoms with Gasteiger partial charge < -0.3 is 0 Å². The molecule has 0 aliphatic rings. The summed E-state index contributed by atoms with van der Waals surface area (Å²) in [6.07, 6.45) is 0. The van der Waals surface area contributed by atoms with Gasteiger partial charge in [0.25, 0.3) is 0 Å². The largest absolute Gasteiger partial charge is 0.271 e. The second-order valence-corrected chi connectivity index (χ2v) is 4.24. The maximum absolute atomic E-state index is 6.22. The molecule has 0 saturated heterocycles. The average Bonchev–Trinajstić information content (AvgIpc) is 2.13. The van der Waals surface area contributed by atoms with E-state index in [1.54, 1.807) is 0 Å². The Labute approximate surface area is 90.4 Å². The predicted molar refractivity (Wildman–Crippen MR) is 61.1 cm³/mol. The lowest BCUT2D eigenvalue weighted by molar-refractivity contribution is 0.421. The van der Waals surface area contributed by atoms with E-state index in [2.05, 4.69) is 19.3 Å². The average molecular weight is 213 g/mol. The van der Waals surface area contributed by atoms with Crippen LogP contribution in [0.2, 0.25) is 5.02 Å². The van der Waals surface area contributed by atoms with Gasteiger partial charge in [0.15, 0.2) is 0 Å². The lowest BCUT2D eigenvalue weighted by atomic mass is 9.95. The van der Waals surface area contributed by atoms with E-state index in [1.807, 2.05) is 25.1 Å². The van der Waals surface area contributed by atoms with E-state index in [4.69, 9.17) is 17.4 Å². The van der Waals surface area contributed by atoms with Crippen LogP contribution in [0.4, 0.5) is 0 Å². The molecule has 1 aromatic carbocycles. The number of hydrogen-bond donors (Lipinski definition) is 2. The van der Waals surface area contributed by atoms with Gasteiger partial charge in [0.05, 0.1) is 0 Å². The Morgan fingerprint density at radius 2 is 2.00 bits per heavy atom. The molecule has 1 rings (SSSR count). The Bertz CT molecular complexity index is 310. The van der Waals surface area contributed by atoms with E-state index in [0.29, 0.717) is 5.92 Å². The molecule has 0 bridgehead atoms. The standard InChI is InChI=1S/C11H17ClN2/c1-7(2)11(14-13)9-6-4-5-8(3)10(9)12/h4-7,11,14H,13H2,1-3H3. The number of hydrazine groups is 1. The highest BCUT2D eigenvalue weighted by atomic mass is 35.5. The molecule has 0 fully saturated rings. The summed E-state index contributed by atoms with van der Waals surface area (Å²) in [6, 6.07) is 6.13. The molecule has 1 atom stereocenters. The normalized spacial score (nSPS) is 13.3. The molecule has 1 aromatic rings. The van der Waals surface area contributed by atoms with E-state index in [1.165, 1.54) is 0 Å². The Kier molecular flexibility index (Phi) is 3.93. The molecule has 3 heteroatoms. The van der Waals surface area contributed by atoms with Crippen molar-refractivity contribution in [1.82, 2.24) is 5.43 Å². The number of nitrogens with two attached hydrogens (primary N) is 1. The summed E-state index contributed by atoms with van der Waals surface area (Å²) in [7, 11) is 0. The molecule has 0 aliphatic heterocycles. The van der Waals surface area contributed by atoms with Gasteiger partial charge in [-0.2, -0.15) is 0 Å². The number of hydrogen-bond acceptors (Lipinski definition) is 2. The SMILES string of the molecule is Cc1cccc(C(NN)C(C)C)c1Cl. The summed E-state index contributed by atoms with van der Waals surface area (Å²) < 4.78 is 0. The van der Waals surface area contributed by atoms with Crippen LogP contribution < -0.4 is 11.3 Å². The number of aryl methyl sites for hydroxylation is 1. The third-order valence-corrected chi connectivity index (χ3v) is 2.92. The number of benzene rings is 1. The van der Waals surface area contributed by atoms with Gasteiger partial charge in [-0.15, -0.1) is 0 Å². The maximum Gasteiger partial charge on any atom is 0.0497 e. The summed E-state index contributed by atoms with van der Waals surface area (Å²) in [4.78, 5) is 0. The minimum Gasteiger partial charge on any atom is -0.271 e. The van der Waals surface area contributed by atoms with Crippen LogP contribution in [0.3, 0.4) is 0 Å². The molecule has 0 radical (unpaired) electrons. The third-order valence-electron chi connectivity index (χ3n) is 2.40. The van der Waals surface area contributed by atoms with Crippen molar-refractivity contribution >= 4 is 11.6 Å². The van der Waals surface area contributed by atoms with Gasteiger partial charge in [0, 0.05) is 11.1 Å². The van der Waals surface area contributed by atoms with E-state index >= 15 is 0 Å². The van der Waals surface area contributed by atoms with Crippen LogP contribution in [0.5, 0.6) is 0 Å². The first-order chi connectivity index (χ1) is 6.57. The van der Waals surface area contributed by atoms with E-state index in [-0.39, 0.29) is 6.04 Å². The van der Waals surface area contributed by atoms with Gasteiger partial charge in [-0.3, -0.25) is 11.3 Å². The Hall–Kier alpha value is -0.570. The smallest absolute Gasteiger partial charge is 0.0497 e. The summed E-state index contributed by atoms with van der Waals surface area (Å²) in [6.45, 7) is 6.23. The number of rotatable bonds is 3. The third kappa shape index (κ3) is 2.27. The van der Waals surface area contributed by atoms with Crippen molar-refractivity contribution in [2.75, 3.05) is 0 Å². The first-order valence-corrected chi connectivity index (χ1v) is 5.17. The molecular formula is C11H17ClN2. The highest BCUT2D eigenvalue weighted by Crippen LogP contribution is 2.29. The van der Waals surface area contributed by atoms with Crippen LogP contribution in [0.25, 0.3) is 0 Å². The number of nitrogens with one attached hydrogen (secondary N) is 1. The summed E-state index contributed by atoms with van der Waals surface area (Å²) >= 11 is 6.22. The van der Waals surface area contributed by atoms with Crippen molar-refractivity contribution in [3.05, 3.63) is 34.3 Å². The molecule has 0 amide bonds. The molecule has 0 spiro atoms. The summed E-state index contributed by atoms with van der Waals surface area (Å²) in [5.74, 6) is 5.93.